The second kappa shape index (κ2) is 10.9. The molecule has 2 atom stereocenters. The number of nitrogens with zero attached hydrogens (tertiary/aromatic N) is 1. The summed E-state index contributed by atoms with van der Waals surface area (Å²) >= 11 is 1.78. The Hall–Kier alpha value is -4.74. The zero-order chi connectivity index (χ0) is 28.5. The van der Waals surface area contributed by atoms with E-state index in [1.165, 1.54) is 5.56 Å². The van der Waals surface area contributed by atoms with E-state index in [-0.39, 0.29) is 11.2 Å². The third kappa shape index (κ3) is 4.47. The third-order valence-electron chi connectivity index (χ3n) is 7.92. The second-order valence-corrected chi connectivity index (χ2v) is 11.6. The summed E-state index contributed by atoms with van der Waals surface area (Å²) in [5, 5.41) is 0.0163. The molecule has 2 aliphatic heterocycles. The van der Waals surface area contributed by atoms with Gasteiger partial charge in [-0.1, -0.05) is 103 Å². The number of benzene rings is 5. The molecule has 0 N–H and O–H groups in total. The van der Waals surface area contributed by atoms with Crippen LogP contribution >= 0.6 is 11.8 Å². The van der Waals surface area contributed by atoms with Gasteiger partial charge in [-0.15, -0.1) is 11.8 Å². The first-order chi connectivity index (χ1) is 20.7. The van der Waals surface area contributed by atoms with E-state index >= 15 is 4.79 Å². The molecular weight excluding hydrogens is 538 g/mol. The van der Waals surface area contributed by atoms with Crippen LogP contribution in [-0.4, -0.2) is 13.0 Å². The average molecular weight is 568 g/mol. The minimum absolute atomic E-state index is 0.0163. The van der Waals surface area contributed by atoms with E-state index in [9.17, 15) is 0 Å². The number of hydrogen-bond acceptors (Lipinski definition) is 4. The van der Waals surface area contributed by atoms with Gasteiger partial charge in [0.05, 0.1) is 18.4 Å². The summed E-state index contributed by atoms with van der Waals surface area (Å²) in [6.45, 7) is 0. The van der Waals surface area contributed by atoms with E-state index in [0.29, 0.717) is 17.8 Å². The Balaban J connectivity index is 1.55. The maximum absolute atomic E-state index is 15.2. The van der Waals surface area contributed by atoms with Crippen LogP contribution in [-0.2, 0) is 15.3 Å². The summed E-state index contributed by atoms with van der Waals surface area (Å²) < 4.78 is 12.9. The quantitative estimate of drug-likeness (QED) is 0.213. The van der Waals surface area contributed by atoms with Crippen LogP contribution in [0.2, 0.25) is 0 Å². The molecule has 0 bridgehead atoms. The van der Waals surface area contributed by atoms with Crippen molar-refractivity contribution >= 4 is 34.7 Å². The van der Waals surface area contributed by atoms with Crippen LogP contribution < -0.4 is 9.64 Å². The van der Waals surface area contributed by atoms with E-state index in [0.717, 1.165) is 33.0 Å². The van der Waals surface area contributed by atoms with Gasteiger partial charge in [0.2, 0.25) is 5.72 Å². The lowest BCUT2D eigenvalue weighted by Crippen LogP contribution is -2.55. The SMILES string of the molecule is COc1ccc([C@@]23C[C@@H](c4ccccc4)Sc4ccccc4N2C(=O)C(c2ccccc2)=C(c2ccccc2)O3)cc1. The number of para-hydroxylation sites is 1. The number of carbonyl (C=O) groups excluding carboxylic acids is 1. The van der Waals surface area contributed by atoms with Crippen molar-refractivity contribution in [2.45, 2.75) is 22.3 Å². The van der Waals surface area contributed by atoms with Gasteiger partial charge < -0.3 is 9.47 Å². The zero-order valence-corrected chi connectivity index (χ0v) is 24.0. The minimum Gasteiger partial charge on any atom is -0.497 e. The summed E-state index contributed by atoms with van der Waals surface area (Å²) in [4.78, 5) is 18.1. The highest BCUT2D eigenvalue weighted by Crippen LogP contribution is 2.58. The summed E-state index contributed by atoms with van der Waals surface area (Å²) in [6, 6.07) is 46.4. The van der Waals surface area contributed by atoms with Crippen LogP contribution in [0.3, 0.4) is 0 Å². The predicted octanol–water partition coefficient (Wildman–Crippen LogP) is 8.72. The van der Waals surface area contributed by atoms with E-state index in [1.54, 1.807) is 18.9 Å². The van der Waals surface area contributed by atoms with Gasteiger partial charge in [0.1, 0.15) is 11.5 Å². The molecule has 5 aromatic rings. The fourth-order valence-electron chi connectivity index (χ4n) is 5.93. The number of amides is 1. The molecule has 2 aliphatic rings. The van der Waals surface area contributed by atoms with Crippen LogP contribution in [0, 0.1) is 0 Å². The molecule has 206 valence electrons. The number of ether oxygens (including phenoxy) is 2. The van der Waals surface area contributed by atoms with Crippen molar-refractivity contribution in [1.29, 1.82) is 0 Å². The smallest absolute Gasteiger partial charge is 0.266 e. The highest BCUT2D eigenvalue weighted by Gasteiger charge is 2.54. The number of rotatable bonds is 5. The van der Waals surface area contributed by atoms with Crippen molar-refractivity contribution in [3.05, 3.63) is 162 Å². The predicted molar refractivity (Wildman–Crippen MR) is 169 cm³/mol. The van der Waals surface area contributed by atoms with Gasteiger partial charge in [0.25, 0.3) is 5.91 Å². The maximum Gasteiger partial charge on any atom is 0.266 e. The molecule has 0 fully saturated rings. The number of hydrogen-bond donors (Lipinski definition) is 0. The zero-order valence-electron chi connectivity index (χ0n) is 23.1. The van der Waals surface area contributed by atoms with Crippen LogP contribution in [0.25, 0.3) is 11.3 Å². The number of fused-ring (bicyclic) bond motifs is 3. The summed E-state index contributed by atoms with van der Waals surface area (Å²) in [7, 11) is 1.66. The number of methoxy groups -OCH3 is 1. The molecule has 5 aromatic carbocycles. The first kappa shape index (κ1) is 26.2. The highest BCUT2D eigenvalue weighted by molar-refractivity contribution is 7.99. The minimum atomic E-state index is -1.13. The van der Waals surface area contributed by atoms with Crippen molar-refractivity contribution in [3.63, 3.8) is 0 Å². The number of anilines is 1. The second-order valence-electron chi connectivity index (χ2n) is 10.4. The first-order valence-electron chi connectivity index (χ1n) is 14.0. The molecule has 0 saturated carbocycles. The van der Waals surface area contributed by atoms with Crippen LogP contribution in [0.4, 0.5) is 5.69 Å². The molecule has 0 radical (unpaired) electrons. The van der Waals surface area contributed by atoms with Crippen LogP contribution in [0.15, 0.2) is 144 Å². The maximum atomic E-state index is 15.2. The normalized spacial score (nSPS) is 19.8. The fraction of sp³-hybridized carbons (Fsp3) is 0.108. The molecule has 0 aliphatic carbocycles. The van der Waals surface area contributed by atoms with Crippen molar-refractivity contribution in [2.24, 2.45) is 0 Å². The van der Waals surface area contributed by atoms with Crippen molar-refractivity contribution in [2.75, 3.05) is 12.0 Å². The van der Waals surface area contributed by atoms with Crippen LogP contribution in [0.1, 0.15) is 33.9 Å². The lowest BCUT2D eigenvalue weighted by atomic mass is 9.87. The molecule has 1 amide bonds. The molecular formula is C37H29NO3S. The molecule has 2 heterocycles. The highest BCUT2D eigenvalue weighted by atomic mass is 32.2. The van der Waals surface area contributed by atoms with E-state index in [1.807, 2.05) is 114 Å². The Morgan fingerprint density at radius 2 is 1.33 bits per heavy atom. The largest absolute Gasteiger partial charge is 0.497 e. The lowest BCUT2D eigenvalue weighted by Gasteiger charge is -2.48. The molecule has 0 spiro atoms. The van der Waals surface area contributed by atoms with Crippen molar-refractivity contribution in [1.82, 2.24) is 0 Å². The van der Waals surface area contributed by atoms with E-state index in [4.69, 9.17) is 9.47 Å². The molecule has 7 rings (SSSR count). The molecule has 0 unspecified atom stereocenters. The van der Waals surface area contributed by atoms with Gasteiger partial charge in [0, 0.05) is 27.7 Å². The Kier molecular flexibility index (Phi) is 6.80. The Labute approximate surface area is 250 Å². The number of carbonyl (C=O) groups is 1. The molecule has 5 heteroatoms. The average Bonchev–Trinajstić information content (AvgIpc) is 3.21. The standard InChI is InChI=1S/C37H29NO3S/c1-40-30-23-21-29(22-24-30)37-25-33(26-13-5-2-6-14-26)42-32-20-12-11-19-31(32)38(37)36(39)34(27-15-7-3-8-16-27)35(41-37)28-17-9-4-10-18-28/h2-24,33H,25H2,1H3/t33-,37-/m0/s1. The Bertz CT molecular complexity index is 1750. The topological polar surface area (TPSA) is 38.8 Å². The first-order valence-corrected chi connectivity index (χ1v) is 14.9. The third-order valence-corrected chi connectivity index (χ3v) is 9.25. The van der Waals surface area contributed by atoms with Gasteiger partial charge in [-0.2, -0.15) is 0 Å². The lowest BCUT2D eigenvalue weighted by molar-refractivity contribution is -0.120. The molecule has 42 heavy (non-hydrogen) atoms. The van der Waals surface area contributed by atoms with E-state index < -0.39 is 5.72 Å². The fourth-order valence-corrected chi connectivity index (χ4v) is 7.27. The van der Waals surface area contributed by atoms with Gasteiger partial charge in [-0.3, -0.25) is 9.69 Å². The molecule has 0 aromatic heterocycles. The summed E-state index contributed by atoms with van der Waals surface area (Å²) in [5.41, 5.74) is 3.99. The van der Waals surface area contributed by atoms with E-state index in [2.05, 4.69) is 30.3 Å². The van der Waals surface area contributed by atoms with Gasteiger partial charge in [0.15, 0.2) is 0 Å². The molecule has 4 nitrogen and oxygen atoms in total. The number of thioether (sulfide) groups is 1. The van der Waals surface area contributed by atoms with Crippen molar-refractivity contribution < 1.29 is 14.3 Å². The summed E-state index contributed by atoms with van der Waals surface area (Å²) in [5.74, 6) is 1.23. The van der Waals surface area contributed by atoms with Gasteiger partial charge in [-0.25, -0.2) is 0 Å². The monoisotopic (exact) mass is 567 g/mol. The summed E-state index contributed by atoms with van der Waals surface area (Å²) in [6.07, 6.45) is 0.535. The van der Waals surface area contributed by atoms with Crippen molar-refractivity contribution in [3.8, 4) is 5.75 Å². The molecule has 0 saturated heterocycles. The Morgan fingerprint density at radius 3 is 2.00 bits per heavy atom. The van der Waals surface area contributed by atoms with Crippen LogP contribution in [0.5, 0.6) is 5.75 Å². The van der Waals surface area contributed by atoms with Gasteiger partial charge >= 0.3 is 0 Å². The Morgan fingerprint density at radius 1 is 0.738 bits per heavy atom. The van der Waals surface area contributed by atoms with Gasteiger partial charge in [-0.05, 0) is 47.5 Å².